The molecule has 1 atom stereocenters. The van der Waals surface area contributed by atoms with E-state index in [0.717, 1.165) is 24.1 Å². The third-order valence-corrected chi connectivity index (χ3v) is 6.56. The summed E-state index contributed by atoms with van der Waals surface area (Å²) in [5, 5.41) is 8.78. The van der Waals surface area contributed by atoms with Crippen LogP contribution >= 0.6 is 0 Å². The first-order chi connectivity index (χ1) is 11.4. The lowest BCUT2D eigenvalue weighted by Gasteiger charge is -2.22. The second-order valence-electron chi connectivity index (χ2n) is 6.49. The number of sulfonamides is 1. The van der Waals surface area contributed by atoms with Crippen LogP contribution in [0.2, 0.25) is 0 Å². The molecule has 2 aliphatic rings. The Balaban J connectivity index is 1.94. The number of benzene rings is 1. The van der Waals surface area contributed by atoms with Crippen molar-refractivity contribution in [2.75, 3.05) is 11.4 Å². The zero-order valence-electron chi connectivity index (χ0n) is 13.9. The SMILES string of the molecule is CC(=O)N1c2ccc(S(=O)(=O)N(CCC#N)C3CC3)cc2CC1C. The third-order valence-electron chi connectivity index (χ3n) is 4.61. The molecule has 0 spiro atoms. The molecule has 0 bridgehead atoms. The van der Waals surface area contributed by atoms with E-state index in [0.29, 0.717) is 6.42 Å². The molecular formula is C17H21N3O3S. The Morgan fingerprint density at radius 2 is 2.12 bits per heavy atom. The summed E-state index contributed by atoms with van der Waals surface area (Å²) in [6.45, 7) is 3.71. The van der Waals surface area contributed by atoms with Crippen molar-refractivity contribution in [3.05, 3.63) is 23.8 Å². The molecule has 1 aromatic carbocycles. The second-order valence-corrected chi connectivity index (χ2v) is 8.38. The molecule has 128 valence electrons. The van der Waals surface area contributed by atoms with Crippen molar-refractivity contribution in [3.8, 4) is 6.07 Å². The molecule has 24 heavy (non-hydrogen) atoms. The van der Waals surface area contributed by atoms with E-state index >= 15 is 0 Å². The molecule has 0 aromatic heterocycles. The summed E-state index contributed by atoms with van der Waals surface area (Å²) in [6, 6.07) is 7.06. The van der Waals surface area contributed by atoms with Crippen LogP contribution in [0, 0.1) is 11.3 Å². The maximum Gasteiger partial charge on any atom is 0.243 e. The zero-order valence-corrected chi connectivity index (χ0v) is 14.7. The standard InChI is InChI=1S/C17H21N3O3S/c1-12-10-14-11-16(6-7-17(14)20(12)13(2)21)24(22,23)19(9-3-8-18)15-4-5-15/h6-7,11-12,15H,3-5,9-10H2,1-2H3. The molecule has 0 saturated heterocycles. The van der Waals surface area contributed by atoms with Gasteiger partial charge in [0.2, 0.25) is 15.9 Å². The molecule has 0 radical (unpaired) electrons. The van der Waals surface area contributed by atoms with Crippen molar-refractivity contribution in [2.24, 2.45) is 0 Å². The van der Waals surface area contributed by atoms with Crippen LogP contribution in [0.25, 0.3) is 0 Å². The molecular weight excluding hydrogens is 326 g/mol. The number of carbonyl (C=O) groups is 1. The van der Waals surface area contributed by atoms with Crippen molar-refractivity contribution in [3.63, 3.8) is 0 Å². The molecule has 1 amide bonds. The highest BCUT2D eigenvalue weighted by Crippen LogP contribution is 2.36. The number of rotatable bonds is 5. The molecule has 1 aliphatic heterocycles. The van der Waals surface area contributed by atoms with E-state index in [1.807, 2.05) is 13.0 Å². The molecule has 3 rings (SSSR count). The summed E-state index contributed by atoms with van der Waals surface area (Å²) in [6.07, 6.45) is 2.55. The van der Waals surface area contributed by atoms with E-state index < -0.39 is 10.0 Å². The normalized spacial score (nSPS) is 20.1. The van der Waals surface area contributed by atoms with Crippen LogP contribution in [-0.4, -0.2) is 37.3 Å². The Bertz CT molecular complexity index is 809. The van der Waals surface area contributed by atoms with Crippen LogP contribution in [0.5, 0.6) is 0 Å². The van der Waals surface area contributed by atoms with E-state index in [9.17, 15) is 13.2 Å². The van der Waals surface area contributed by atoms with Crippen molar-refractivity contribution in [1.29, 1.82) is 5.26 Å². The van der Waals surface area contributed by atoms with Crippen molar-refractivity contribution in [1.82, 2.24) is 4.31 Å². The van der Waals surface area contributed by atoms with Crippen molar-refractivity contribution >= 4 is 21.6 Å². The highest BCUT2D eigenvalue weighted by molar-refractivity contribution is 7.89. The average molecular weight is 347 g/mol. The fourth-order valence-electron chi connectivity index (χ4n) is 3.40. The summed E-state index contributed by atoms with van der Waals surface area (Å²) >= 11 is 0. The van der Waals surface area contributed by atoms with Gasteiger partial charge in [0.25, 0.3) is 0 Å². The predicted octanol–water partition coefficient (Wildman–Crippen LogP) is 2.05. The highest BCUT2D eigenvalue weighted by Gasteiger charge is 2.38. The fourth-order valence-corrected chi connectivity index (χ4v) is 5.14. The minimum atomic E-state index is -3.61. The Labute approximate surface area is 142 Å². The van der Waals surface area contributed by atoms with Crippen LogP contribution < -0.4 is 4.90 Å². The Morgan fingerprint density at radius 1 is 1.42 bits per heavy atom. The number of carbonyl (C=O) groups excluding carboxylic acids is 1. The summed E-state index contributed by atoms with van der Waals surface area (Å²) in [5.74, 6) is -0.0366. The maximum atomic E-state index is 13.0. The fraction of sp³-hybridized carbons (Fsp3) is 0.529. The molecule has 6 nitrogen and oxygen atoms in total. The van der Waals surface area contributed by atoms with Gasteiger partial charge in [-0.3, -0.25) is 4.79 Å². The first-order valence-corrected chi connectivity index (χ1v) is 9.61. The maximum absolute atomic E-state index is 13.0. The van der Waals surface area contributed by atoms with Gasteiger partial charge in [0.1, 0.15) is 0 Å². The number of fused-ring (bicyclic) bond motifs is 1. The minimum Gasteiger partial charge on any atom is -0.309 e. The zero-order chi connectivity index (χ0) is 17.5. The van der Waals surface area contributed by atoms with E-state index in [4.69, 9.17) is 5.26 Å². The van der Waals surface area contributed by atoms with Crippen molar-refractivity contribution < 1.29 is 13.2 Å². The van der Waals surface area contributed by atoms with Gasteiger partial charge in [-0.25, -0.2) is 8.42 Å². The minimum absolute atomic E-state index is 0.0178. The summed E-state index contributed by atoms with van der Waals surface area (Å²) in [5.41, 5.74) is 1.68. The highest BCUT2D eigenvalue weighted by atomic mass is 32.2. The molecule has 1 aliphatic carbocycles. The lowest BCUT2D eigenvalue weighted by atomic mass is 10.1. The number of nitrogens with zero attached hydrogens (tertiary/aromatic N) is 3. The van der Waals surface area contributed by atoms with Gasteiger partial charge in [0.05, 0.1) is 11.0 Å². The van der Waals surface area contributed by atoms with Gasteiger partial charge in [-0.1, -0.05) is 0 Å². The van der Waals surface area contributed by atoms with Crippen molar-refractivity contribution in [2.45, 2.75) is 56.5 Å². The number of amides is 1. The monoisotopic (exact) mass is 347 g/mol. The topological polar surface area (TPSA) is 81.5 Å². The van der Waals surface area contributed by atoms with Crippen LogP contribution in [0.4, 0.5) is 5.69 Å². The lowest BCUT2D eigenvalue weighted by Crippen LogP contribution is -2.34. The smallest absolute Gasteiger partial charge is 0.243 e. The van der Waals surface area contributed by atoms with Gasteiger partial charge in [-0.2, -0.15) is 9.57 Å². The van der Waals surface area contributed by atoms with Crippen LogP contribution in [0.1, 0.15) is 38.7 Å². The van der Waals surface area contributed by atoms with E-state index in [2.05, 4.69) is 0 Å². The summed E-state index contributed by atoms with van der Waals surface area (Å²) < 4.78 is 27.4. The largest absolute Gasteiger partial charge is 0.309 e. The van der Waals surface area contributed by atoms with Gasteiger partial charge >= 0.3 is 0 Å². The summed E-state index contributed by atoms with van der Waals surface area (Å²) in [4.78, 5) is 13.8. The first kappa shape index (κ1) is 16.9. The third kappa shape index (κ3) is 2.92. The van der Waals surface area contributed by atoms with Gasteiger partial charge in [0, 0.05) is 37.7 Å². The number of anilines is 1. The summed E-state index contributed by atoms with van der Waals surface area (Å²) in [7, 11) is -3.61. The quantitative estimate of drug-likeness (QED) is 0.816. The molecule has 1 heterocycles. The van der Waals surface area contributed by atoms with Crippen LogP contribution in [0.15, 0.2) is 23.1 Å². The lowest BCUT2D eigenvalue weighted by molar-refractivity contribution is -0.116. The van der Waals surface area contributed by atoms with Crippen LogP contribution in [0.3, 0.4) is 0 Å². The number of hydrogen-bond acceptors (Lipinski definition) is 4. The predicted molar refractivity (Wildman–Crippen MR) is 89.9 cm³/mol. The molecule has 1 unspecified atom stereocenters. The van der Waals surface area contributed by atoms with Crippen LogP contribution in [-0.2, 0) is 21.2 Å². The average Bonchev–Trinajstić information content (AvgIpc) is 3.27. The van der Waals surface area contributed by atoms with E-state index in [-0.39, 0.29) is 35.9 Å². The molecule has 0 N–H and O–H groups in total. The molecule has 1 saturated carbocycles. The number of nitriles is 1. The number of hydrogen-bond donors (Lipinski definition) is 0. The van der Waals surface area contributed by atoms with E-state index in [1.165, 1.54) is 11.2 Å². The Morgan fingerprint density at radius 3 is 2.71 bits per heavy atom. The van der Waals surface area contributed by atoms with Gasteiger partial charge in [-0.15, -0.1) is 0 Å². The van der Waals surface area contributed by atoms with Gasteiger partial charge in [-0.05, 0) is 49.9 Å². The van der Waals surface area contributed by atoms with E-state index in [1.54, 1.807) is 23.1 Å². The molecule has 7 heteroatoms. The first-order valence-electron chi connectivity index (χ1n) is 8.17. The Kier molecular flexibility index (Phi) is 4.37. The molecule has 1 fully saturated rings. The van der Waals surface area contributed by atoms with Gasteiger partial charge < -0.3 is 4.90 Å². The molecule has 1 aromatic rings. The second kappa shape index (κ2) is 6.19. The Hall–Kier alpha value is -1.91. The van der Waals surface area contributed by atoms with Gasteiger partial charge in [0.15, 0.2) is 0 Å².